The minimum atomic E-state index is 0.0756. The zero-order valence-corrected chi connectivity index (χ0v) is 11.7. The zero-order chi connectivity index (χ0) is 14.5. The number of rotatable bonds is 5. The Kier molecular flexibility index (Phi) is 4.38. The van der Waals surface area contributed by atoms with Crippen LogP contribution in [0.5, 0.6) is 5.75 Å². The lowest BCUT2D eigenvalue weighted by molar-refractivity contribution is 0.412. The molecule has 0 fully saturated rings. The molecular weight excluding hydrogens is 252 g/mol. The van der Waals surface area contributed by atoms with E-state index in [0.717, 1.165) is 17.8 Å². The van der Waals surface area contributed by atoms with Crippen LogP contribution in [0.15, 0.2) is 30.6 Å². The monoisotopic (exact) mass is 270 g/mol. The van der Waals surface area contributed by atoms with E-state index in [1.807, 2.05) is 25.3 Å². The van der Waals surface area contributed by atoms with Crippen molar-refractivity contribution in [2.45, 2.75) is 25.9 Å². The van der Waals surface area contributed by atoms with Gasteiger partial charge in [-0.1, -0.05) is 6.07 Å². The van der Waals surface area contributed by atoms with Crippen LogP contribution in [0.3, 0.4) is 0 Å². The van der Waals surface area contributed by atoms with E-state index < -0.39 is 0 Å². The zero-order valence-electron chi connectivity index (χ0n) is 11.7. The van der Waals surface area contributed by atoms with Crippen molar-refractivity contribution in [2.75, 3.05) is 7.11 Å². The number of nitrogens with zero attached hydrogens (tertiary/aromatic N) is 3. The van der Waals surface area contributed by atoms with Crippen LogP contribution < -0.4 is 10.5 Å². The van der Waals surface area contributed by atoms with Crippen LogP contribution >= 0.6 is 0 Å². The molecule has 0 saturated carbocycles. The van der Waals surface area contributed by atoms with Crippen LogP contribution in [0, 0.1) is 11.3 Å². The Balaban J connectivity index is 2.22. The molecule has 2 N–H and O–H groups in total. The van der Waals surface area contributed by atoms with Crippen LogP contribution in [0.1, 0.15) is 23.9 Å². The summed E-state index contributed by atoms with van der Waals surface area (Å²) < 4.78 is 7.28. The molecular formula is C15H18N4O. The summed E-state index contributed by atoms with van der Waals surface area (Å²) in [7, 11) is 1.57. The summed E-state index contributed by atoms with van der Waals surface area (Å²) in [5, 5.41) is 8.98. The molecule has 104 valence electrons. The van der Waals surface area contributed by atoms with E-state index in [-0.39, 0.29) is 6.04 Å². The molecule has 20 heavy (non-hydrogen) atoms. The molecule has 2 rings (SSSR count). The first-order valence-corrected chi connectivity index (χ1v) is 6.46. The molecule has 0 amide bonds. The molecule has 2 aromatic rings. The standard InChI is InChI=1S/C15H18N4O/c1-11(17)7-15-18-5-6-19(15)10-12-3-4-13(9-16)14(8-12)20-2/h3-6,8,11H,7,10,17H2,1-2H3. The molecule has 0 bridgehead atoms. The summed E-state index contributed by atoms with van der Waals surface area (Å²) in [5.41, 5.74) is 7.42. The molecule has 1 unspecified atom stereocenters. The minimum absolute atomic E-state index is 0.0756. The van der Waals surface area contributed by atoms with E-state index in [1.54, 1.807) is 19.4 Å². The molecule has 1 atom stereocenters. The first-order chi connectivity index (χ1) is 9.63. The van der Waals surface area contributed by atoms with Crippen LogP contribution in [-0.2, 0) is 13.0 Å². The van der Waals surface area contributed by atoms with Gasteiger partial charge in [0.2, 0.25) is 0 Å². The molecule has 5 heteroatoms. The Morgan fingerprint density at radius 2 is 2.30 bits per heavy atom. The normalized spacial score (nSPS) is 11.9. The van der Waals surface area contributed by atoms with Crippen LogP contribution in [0.2, 0.25) is 0 Å². The average molecular weight is 270 g/mol. The van der Waals surface area contributed by atoms with Gasteiger partial charge in [0.1, 0.15) is 17.6 Å². The van der Waals surface area contributed by atoms with Crippen molar-refractivity contribution in [2.24, 2.45) is 5.73 Å². The predicted octanol–water partition coefficient (Wildman–Crippen LogP) is 1.70. The number of hydrogen-bond acceptors (Lipinski definition) is 4. The van der Waals surface area contributed by atoms with Gasteiger partial charge in [0.05, 0.1) is 12.7 Å². The maximum Gasteiger partial charge on any atom is 0.136 e. The summed E-state index contributed by atoms with van der Waals surface area (Å²) in [6.45, 7) is 2.65. The van der Waals surface area contributed by atoms with Gasteiger partial charge in [-0.2, -0.15) is 5.26 Å². The van der Waals surface area contributed by atoms with Gasteiger partial charge >= 0.3 is 0 Å². The number of benzene rings is 1. The van der Waals surface area contributed by atoms with Gasteiger partial charge in [0.15, 0.2) is 0 Å². The number of ether oxygens (including phenoxy) is 1. The third-order valence-electron chi connectivity index (χ3n) is 3.05. The van der Waals surface area contributed by atoms with Crippen molar-refractivity contribution >= 4 is 0 Å². The van der Waals surface area contributed by atoms with Crippen molar-refractivity contribution in [3.8, 4) is 11.8 Å². The summed E-state index contributed by atoms with van der Waals surface area (Å²) >= 11 is 0. The lowest BCUT2D eigenvalue weighted by Crippen LogP contribution is -2.20. The van der Waals surface area contributed by atoms with Crippen LogP contribution in [0.25, 0.3) is 0 Å². The molecule has 1 aromatic carbocycles. The minimum Gasteiger partial charge on any atom is -0.495 e. The first-order valence-electron chi connectivity index (χ1n) is 6.46. The van der Waals surface area contributed by atoms with E-state index in [0.29, 0.717) is 17.9 Å². The second-order valence-corrected chi connectivity index (χ2v) is 4.80. The highest BCUT2D eigenvalue weighted by Gasteiger charge is 2.08. The van der Waals surface area contributed by atoms with Crippen LogP contribution in [-0.4, -0.2) is 22.7 Å². The lowest BCUT2D eigenvalue weighted by atomic mass is 10.1. The van der Waals surface area contributed by atoms with Gasteiger partial charge in [-0.05, 0) is 24.6 Å². The second kappa shape index (κ2) is 6.22. The highest BCUT2D eigenvalue weighted by molar-refractivity contribution is 5.45. The third kappa shape index (κ3) is 3.16. The van der Waals surface area contributed by atoms with Gasteiger partial charge in [-0.15, -0.1) is 0 Å². The molecule has 0 aliphatic heterocycles. The summed E-state index contributed by atoms with van der Waals surface area (Å²) in [5.74, 6) is 1.56. The number of hydrogen-bond donors (Lipinski definition) is 1. The predicted molar refractivity (Wildman–Crippen MR) is 76.4 cm³/mol. The van der Waals surface area contributed by atoms with Gasteiger partial charge in [0, 0.05) is 31.4 Å². The SMILES string of the molecule is COc1cc(Cn2ccnc2CC(C)N)ccc1C#N. The number of aromatic nitrogens is 2. The second-order valence-electron chi connectivity index (χ2n) is 4.80. The van der Waals surface area contributed by atoms with Gasteiger partial charge in [-0.3, -0.25) is 0 Å². The fourth-order valence-corrected chi connectivity index (χ4v) is 2.08. The van der Waals surface area contributed by atoms with E-state index in [9.17, 15) is 0 Å². The molecule has 1 aromatic heterocycles. The van der Waals surface area contributed by atoms with Crippen molar-refractivity contribution < 1.29 is 4.74 Å². The molecule has 1 heterocycles. The molecule has 0 aliphatic carbocycles. The number of methoxy groups -OCH3 is 1. The molecule has 0 spiro atoms. The topological polar surface area (TPSA) is 76.9 Å². The molecule has 0 radical (unpaired) electrons. The van der Waals surface area contributed by atoms with Crippen molar-refractivity contribution in [1.29, 1.82) is 5.26 Å². The Morgan fingerprint density at radius 1 is 1.50 bits per heavy atom. The summed E-state index contributed by atoms with van der Waals surface area (Å²) in [6.07, 6.45) is 4.45. The smallest absolute Gasteiger partial charge is 0.136 e. The number of nitriles is 1. The fraction of sp³-hybridized carbons (Fsp3) is 0.333. The number of nitrogens with two attached hydrogens (primary N) is 1. The summed E-state index contributed by atoms with van der Waals surface area (Å²) in [6, 6.07) is 7.77. The maximum atomic E-state index is 8.98. The highest BCUT2D eigenvalue weighted by atomic mass is 16.5. The van der Waals surface area contributed by atoms with Crippen LogP contribution in [0.4, 0.5) is 0 Å². The van der Waals surface area contributed by atoms with Crippen molar-refractivity contribution in [3.05, 3.63) is 47.5 Å². The van der Waals surface area contributed by atoms with Gasteiger partial charge in [0.25, 0.3) is 0 Å². The van der Waals surface area contributed by atoms with E-state index in [2.05, 4.69) is 15.6 Å². The van der Waals surface area contributed by atoms with Gasteiger partial charge in [-0.25, -0.2) is 4.98 Å². The van der Waals surface area contributed by atoms with E-state index in [1.165, 1.54) is 0 Å². The fourth-order valence-electron chi connectivity index (χ4n) is 2.08. The lowest BCUT2D eigenvalue weighted by Gasteiger charge is -2.11. The van der Waals surface area contributed by atoms with Crippen molar-refractivity contribution in [1.82, 2.24) is 9.55 Å². The molecule has 0 saturated heterocycles. The Hall–Kier alpha value is -2.32. The third-order valence-corrected chi connectivity index (χ3v) is 3.05. The first kappa shape index (κ1) is 14.1. The maximum absolute atomic E-state index is 8.98. The Bertz CT molecular complexity index is 625. The average Bonchev–Trinajstić information content (AvgIpc) is 2.85. The molecule has 0 aliphatic rings. The molecule has 5 nitrogen and oxygen atoms in total. The van der Waals surface area contributed by atoms with E-state index >= 15 is 0 Å². The summed E-state index contributed by atoms with van der Waals surface area (Å²) in [4.78, 5) is 4.33. The quantitative estimate of drug-likeness (QED) is 0.897. The van der Waals surface area contributed by atoms with E-state index in [4.69, 9.17) is 15.7 Å². The largest absolute Gasteiger partial charge is 0.495 e. The Morgan fingerprint density at radius 3 is 2.95 bits per heavy atom. The van der Waals surface area contributed by atoms with Gasteiger partial charge < -0.3 is 15.0 Å². The highest BCUT2D eigenvalue weighted by Crippen LogP contribution is 2.20. The van der Waals surface area contributed by atoms with Crippen molar-refractivity contribution in [3.63, 3.8) is 0 Å². The Labute approximate surface area is 118 Å². The number of imidazole rings is 1.